The van der Waals surface area contributed by atoms with Crippen LogP contribution < -0.4 is 15.5 Å². The molecule has 1 aliphatic carbocycles. The number of nitrogens with zero attached hydrogens (tertiary/aromatic N) is 2. The molecule has 3 aliphatic rings. The molecule has 0 bridgehead atoms. The minimum atomic E-state index is -1.56. The number of aromatic nitrogens is 1. The lowest BCUT2D eigenvalue weighted by atomic mass is 9.96. The van der Waals surface area contributed by atoms with Crippen LogP contribution >= 0.6 is 0 Å². The van der Waals surface area contributed by atoms with Crippen molar-refractivity contribution in [1.29, 1.82) is 0 Å². The minimum absolute atomic E-state index is 0.0735. The predicted molar refractivity (Wildman–Crippen MR) is 76.8 cm³/mol. The number of ketones is 1. The van der Waals surface area contributed by atoms with E-state index in [0.717, 1.165) is 12.8 Å². The van der Waals surface area contributed by atoms with Gasteiger partial charge in [0, 0.05) is 23.9 Å². The van der Waals surface area contributed by atoms with Gasteiger partial charge in [0.05, 0.1) is 5.56 Å². The third-order valence-electron chi connectivity index (χ3n) is 4.17. The smallest absolute Gasteiger partial charge is 0.259 e. The van der Waals surface area contributed by atoms with Crippen LogP contribution in [-0.2, 0) is 9.59 Å². The van der Waals surface area contributed by atoms with E-state index in [4.69, 9.17) is 0 Å². The molecule has 22 heavy (non-hydrogen) atoms. The topological polar surface area (TPSA) is 91.4 Å². The molecule has 1 fully saturated rings. The van der Waals surface area contributed by atoms with Crippen LogP contribution in [0.4, 0.5) is 5.82 Å². The molecule has 1 aromatic heterocycles. The summed E-state index contributed by atoms with van der Waals surface area (Å²) in [5.74, 6) is -2.26. The van der Waals surface area contributed by atoms with Gasteiger partial charge in [-0.15, -0.1) is 0 Å². The second-order valence-electron chi connectivity index (χ2n) is 5.79. The van der Waals surface area contributed by atoms with Crippen molar-refractivity contribution >= 4 is 23.4 Å². The molecule has 2 N–H and O–H groups in total. The summed E-state index contributed by atoms with van der Waals surface area (Å²) in [6.07, 6.45) is 4.61. The summed E-state index contributed by atoms with van der Waals surface area (Å²) >= 11 is 0. The van der Waals surface area contributed by atoms with E-state index in [0.29, 0.717) is 17.0 Å². The van der Waals surface area contributed by atoms with Crippen LogP contribution in [0.3, 0.4) is 0 Å². The molecule has 3 heterocycles. The molecule has 0 saturated heterocycles. The average Bonchev–Trinajstić information content (AvgIpc) is 3.29. The molecule has 1 atom stereocenters. The molecule has 112 valence electrons. The normalized spacial score (nSPS) is 27.2. The summed E-state index contributed by atoms with van der Waals surface area (Å²) in [7, 11) is 0. The molecular weight excluding hydrogens is 284 g/mol. The first-order valence-electron chi connectivity index (χ1n) is 7.15. The number of carbonyl (C=O) groups excluding carboxylic acids is 3. The highest BCUT2D eigenvalue weighted by molar-refractivity contribution is 6.17. The maximum Gasteiger partial charge on any atom is 0.259 e. The summed E-state index contributed by atoms with van der Waals surface area (Å²) in [6, 6.07) is 3.41. The molecule has 1 aromatic rings. The van der Waals surface area contributed by atoms with E-state index in [1.54, 1.807) is 30.2 Å². The quantitative estimate of drug-likeness (QED) is 0.767. The monoisotopic (exact) mass is 298 g/mol. The number of hydrogen-bond donors (Lipinski definition) is 2. The Labute approximate surface area is 126 Å². The van der Waals surface area contributed by atoms with Gasteiger partial charge in [0.25, 0.3) is 11.7 Å². The number of Topliss-reactive ketones (excluding diaryl/α,β-unsaturated/α-hetero) is 1. The summed E-state index contributed by atoms with van der Waals surface area (Å²) in [5, 5.41) is 5.34. The van der Waals surface area contributed by atoms with Gasteiger partial charge in [-0.05, 0) is 31.9 Å². The third kappa shape index (κ3) is 1.62. The fourth-order valence-corrected chi connectivity index (χ4v) is 3.07. The molecule has 4 rings (SSSR count). The van der Waals surface area contributed by atoms with Crippen LogP contribution in [0.1, 0.15) is 30.1 Å². The second-order valence-corrected chi connectivity index (χ2v) is 5.79. The maximum absolute atomic E-state index is 12.8. The van der Waals surface area contributed by atoms with Gasteiger partial charge in [0.1, 0.15) is 5.82 Å². The number of fused-ring (bicyclic) bond motifs is 1. The lowest BCUT2D eigenvalue weighted by Crippen LogP contribution is -2.78. The number of pyridine rings is 1. The van der Waals surface area contributed by atoms with Crippen LogP contribution in [0.25, 0.3) is 0 Å². The molecule has 0 unspecified atom stereocenters. The van der Waals surface area contributed by atoms with Crippen molar-refractivity contribution in [2.75, 3.05) is 4.90 Å². The summed E-state index contributed by atoms with van der Waals surface area (Å²) < 4.78 is 0. The highest BCUT2D eigenvalue weighted by atomic mass is 16.2. The summed E-state index contributed by atoms with van der Waals surface area (Å²) in [6.45, 7) is 1.58. The fraction of sp³-hybridized carbons (Fsp3) is 0.333. The highest BCUT2D eigenvalue weighted by Crippen LogP contribution is 2.40. The second kappa shape index (κ2) is 4.16. The Morgan fingerprint density at radius 2 is 2.05 bits per heavy atom. The van der Waals surface area contributed by atoms with E-state index in [-0.39, 0.29) is 11.8 Å². The largest absolute Gasteiger partial charge is 0.306 e. The van der Waals surface area contributed by atoms with Crippen LogP contribution in [0.15, 0.2) is 30.0 Å². The van der Waals surface area contributed by atoms with Crippen LogP contribution in [0.2, 0.25) is 0 Å². The Morgan fingerprint density at radius 1 is 1.27 bits per heavy atom. The van der Waals surface area contributed by atoms with Crippen molar-refractivity contribution in [3.63, 3.8) is 0 Å². The fourth-order valence-electron chi connectivity index (χ4n) is 3.07. The standard InChI is InChI=1S/C15H14N4O3/c1-8-7-11(20)17-15(12(8)21)18-14(22)10-3-2-6-16-13(10)19(15)9-4-5-9/h2-3,6-7,9H,4-5H2,1H3,(H,17,20)(H,18,22)/t15-/m1/s1. The SMILES string of the molecule is CC1=CC(=O)N[C@@]2(NC(=O)c3cccnc3N2C2CC2)C1=O. The average molecular weight is 298 g/mol. The van der Waals surface area contributed by atoms with Gasteiger partial charge >= 0.3 is 0 Å². The Balaban J connectivity index is 1.93. The van der Waals surface area contributed by atoms with E-state index < -0.39 is 17.6 Å². The van der Waals surface area contributed by atoms with Gasteiger partial charge in [-0.2, -0.15) is 0 Å². The predicted octanol–water partition coefficient (Wildman–Crippen LogP) is 0.0928. The van der Waals surface area contributed by atoms with E-state index in [1.807, 2.05) is 0 Å². The van der Waals surface area contributed by atoms with Crippen LogP contribution in [0.5, 0.6) is 0 Å². The van der Waals surface area contributed by atoms with Gasteiger partial charge in [-0.25, -0.2) is 4.98 Å². The molecule has 7 heteroatoms. The van der Waals surface area contributed by atoms with E-state index in [9.17, 15) is 14.4 Å². The molecular formula is C15H14N4O3. The lowest BCUT2D eigenvalue weighted by Gasteiger charge is -2.48. The van der Waals surface area contributed by atoms with Crippen molar-refractivity contribution in [2.45, 2.75) is 31.6 Å². The first kappa shape index (κ1) is 13.0. The van der Waals surface area contributed by atoms with Gasteiger partial charge in [-0.3, -0.25) is 14.4 Å². The Bertz CT molecular complexity index is 753. The number of nitrogens with one attached hydrogen (secondary N) is 2. The van der Waals surface area contributed by atoms with Crippen LogP contribution in [0, 0.1) is 0 Å². The van der Waals surface area contributed by atoms with Gasteiger partial charge in [-0.1, -0.05) is 0 Å². The van der Waals surface area contributed by atoms with Crippen molar-refractivity contribution < 1.29 is 14.4 Å². The number of amides is 2. The van der Waals surface area contributed by atoms with Gasteiger partial charge in [0.15, 0.2) is 0 Å². The van der Waals surface area contributed by atoms with E-state index in [2.05, 4.69) is 15.6 Å². The molecule has 2 aliphatic heterocycles. The van der Waals surface area contributed by atoms with Crippen molar-refractivity contribution in [3.05, 3.63) is 35.5 Å². The lowest BCUT2D eigenvalue weighted by molar-refractivity contribution is -0.130. The molecule has 2 amide bonds. The van der Waals surface area contributed by atoms with E-state index in [1.165, 1.54) is 6.08 Å². The van der Waals surface area contributed by atoms with Crippen LogP contribution in [-0.4, -0.2) is 34.4 Å². The Hall–Kier alpha value is -2.70. The Morgan fingerprint density at radius 3 is 2.77 bits per heavy atom. The van der Waals surface area contributed by atoms with Crippen molar-refractivity contribution in [1.82, 2.24) is 15.6 Å². The third-order valence-corrected chi connectivity index (χ3v) is 4.17. The first-order valence-corrected chi connectivity index (χ1v) is 7.15. The zero-order chi connectivity index (χ0) is 15.5. The summed E-state index contributed by atoms with van der Waals surface area (Å²) in [4.78, 5) is 43.2. The minimum Gasteiger partial charge on any atom is -0.306 e. The van der Waals surface area contributed by atoms with Gasteiger partial charge < -0.3 is 15.5 Å². The number of hydrogen-bond acceptors (Lipinski definition) is 5. The van der Waals surface area contributed by atoms with Gasteiger partial charge in [0.2, 0.25) is 11.7 Å². The van der Waals surface area contributed by atoms with E-state index >= 15 is 0 Å². The molecule has 0 radical (unpaired) electrons. The molecule has 1 saturated carbocycles. The zero-order valence-corrected chi connectivity index (χ0v) is 11.9. The maximum atomic E-state index is 12.8. The Kier molecular flexibility index (Phi) is 2.46. The zero-order valence-electron chi connectivity index (χ0n) is 11.9. The number of rotatable bonds is 1. The number of anilines is 1. The van der Waals surface area contributed by atoms with Crippen molar-refractivity contribution in [2.24, 2.45) is 0 Å². The summed E-state index contributed by atoms with van der Waals surface area (Å²) in [5.41, 5.74) is 0.725. The first-order chi connectivity index (χ1) is 10.5. The number of carbonyl (C=O) groups is 3. The van der Waals surface area contributed by atoms with Crippen molar-refractivity contribution in [3.8, 4) is 0 Å². The highest BCUT2D eigenvalue weighted by Gasteiger charge is 2.57. The molecule has 7 nitrogen and oxygen atoms in total. The molecule has 0 aromatic carbocycles. The molecule has 1 spiro atoms.